The standard InChI is InChI=1S/C27H43NO2/c1-17-10-11-24-26(23-14-20(13-22(17)23)19-7-3-2-4-8-19)27(24,25(28)16-30)21-9-5-6-18(12-21)15-29/h16,18-26,29H,1-15,28H2. The van der Waals surface area contributed by atoms with Crippen LogP contribution in [0, 0.1) is 52.8 Å². The summed E-state index contributed by atoms with van der Waals surface area (Å²) in [6.45, 7) is 4.86. The predicted molar refractivity (Wildman–Crippen MR) is 121 cm³/mol. The molecule has 5 rings (SSSR count). The summed E-state index contributed by atoms with van der Waals surface area (Å²) in [4.78, 5) is 12.1. The minimum Gasteiger partial charge on any atom is -0.396 e. The molecule has 3 nitrogen and oxygen atoms in total. The second-order valence-corrected chi connectivity index (χ2v) is 11.8. The summed E-state index contributed by atoms with van der Waals surface area (Å²) < 4.78 is 0. The van der Waals surface area contributed by atoms with E-state index >= 15 is 0 Å². The fourth-order valence-electron chi connectivity index (χ4n) is 9.47. The van der Waals surface area contributed by atoms with E-state index in [-0.39, 0.29) is 11.5 Å². The van der Waals surface area contributed by atoms with Crippen molar-refractivity contribution in [3.8, 4) is 0 Å². The molecule has 0 aromatic carbocycles. The van der Waals surface area contributed by atoms with E-state index in [0.717, 1.165) is 37.4 Å². The van der Waals surface area contributed by atoms with Crippen molar-refractivity contribution >= 4 is 6.29 Å². The van der Waals surface area contributed by atoms with Crippen LogP contribution in [-0.2, 0) is 4.79 Å². The number of nitrogens with two attached hydrogens (primary N) is 1. The maximum absolute atomic E-state index is 12.1. The number of fused-ring (bicyclic) bond motifs is 3. The number of aldehydes is 1. The van der Waals surface area contributed by atoms with Gasteiger partial charge < -0.3 is 15.6 Å². The highest BCUT2D eigenvalue weighted by Gasteiger charge is 2.73. The van der Waals surface area contributed by atoms with E-state index in [1.807, 2.05) is 0 Å². The molecule has 0 spiro atoms. The van der Waals surface area contributed by atoms with Gasteiger partial charge >= 0.3 is 0 Å². The van der Waals surface area contributed by atoms with Gasteiger partial charge in [-0.2, -0.15) is 0 Å². The van der Waals surface area contributed by atoms with Gasteiger partial charge in [0.1, 0.15) is 6.29 Å². The van der Waals surface area contributed by atoms with Crippen LogP contribution in [-0.4, -0.2) is 24.0 Å². The zero-order valence-corrected chi connectivity index (χ0v) is 18.8. The molecule has 0 bridgehead atoms. The smallest absolute Gasteiger partial charge is 0.137 e. The van der Waals surface area contributed by atoms with Crippen molar-refractivity contribution in [2.24, 2.45) is 58.5 Å². The minimum absolute atomic E-state index is 0.0145. The number of rotatable bonds is 5. The highest BCUT2D eigenvalue weighted by atomic mass is 16.3. The Morgan fingerprint density at radius 2 is 1.83 bits per heavy atom. The first kappa shape index (κ1) is 21.2. The quantitative estimate of drug-likeness (QED) is 0.486. The summed E-state index contributed by atoms with van der Waals surface area (Å²) in [5.74, 6) is 5.35. The maximum atomic E-state index is 12.1. The van der Waals surface area contributed by atoms with Crippen LogP contribution in [0.15, 0.2) is 12.2 Å². The summed E-state index contributed by atoms with van der Waals surface area (Å²) >= 11 is 0. The fourth-order valence-corrected chi connectivity index (χ4v) is 9.47. The van der Waals surface area contributed by atoms with E-state index < -0.39 is 0 Å². The van der Waals surface area contributed by atoms with Crippen LogP contribution in [0.4, 0.5) is 0 Å². The summed E-state index contributed by atoms with van der Waals surface area (Å²) in [7, 11) is 0. The topological polar surface area (TPSA) is 63.3 Å². The first-order chi connectivity index (χ1) is 14.6. The Kier molecular flexibility index (Phi) is 5.90. The zero-order chi connectivity index (χ0) is 20.9. The van der Waals surface area contributed by atoms with Crippen LogP contribution in [0.25, 0.3) is 0 Å². The lowest BCUT2D eigenvalue weighted by Crippen LogP contribution is -2.44. The molecule has 9 atom stereocenters. The summed E-state index contributed by atoms with van der Waals surface area (Å²) in [6, 6.07) is -0.323. The second-order valence-electron chi connectivity index (χ2n) is 11.8. The lowest BCUT2D eigenvalue weighted by molar-refractivity contribution is -0.111. The Bertz CT molecular complexity index is 655. The molecule has 0 aliphatic heterocycles. The number of carbonyl (C=O) groups excluding carboxylic acids is 1. The Morgan fingerprint density at radius 1 is 1.03 bits per heavy atom. The van der Waals surface area contributed by atoms with Gasteiger partial charge in [0, 0.05) is 12.0 Å². The molecule has 0 heterocycles. The van der Waals surface area contributed by atoms with E-state index in [0.29, 0.717) is 42.1 Å². The molecule has 0 aromatic heterocycles. The molecule has 5 saturated carbocycles. The third-order valence-electron chi connectivity index (χ3n) is 10.7. The van der Waals surface area contributed by atoms with Gasteiger partial charge in [0.2, 0.25) is 0 Å². The number of allylic oxidation sites excluding steroid dienone is 1. The largest absolute Gasteiger partial charge is 0.396 e. The predicted octanol–water partition coefficient (Wildman–Crippen LogP) is 5.12. The molecule has 30 heavy (non-hydrogen) atoms. The number of hydrogen-bond donors (Lipinski definition) is 2. The average molecular weight is 414 g/mol. The van der Waals surface area contributed by atoms with Gasteiger partial charge in [0.15, 0.2) is 0 Å². The third-order valence-corrected chi connectivity index (χ3v) is 10.7. The first-order valence-electron chi connectivity index (χ1n) is 13.1. The zero-order valence-electron chi connectivity index (χ0n) is 18.8. The first-order valence-corrected chi connectivity index (χ1v) is 13.1. The lowest BCUT2D eigenvalue weighted by Gasteiger charge is -2.39. The van der Waals surface area contributed by atoms with E-state index in [4.69, 9.17) is 5.73 Å². The Morgan fingerprint density at radius 3 is 2.57 bits per heavy atom. The number of aliphatic hydroxyl groups excluding tert-OH is 1. The van der Waals surface area contributed by atoms with Gasteiger partial charge in [-0.1, -0.05) is 50.7 Å². The monoisotopic (exact) mass is 413 g/mol. The van der Waals surface area contributed by atoms with Crippen molar-refractivity contribution in [2.75, 3.05) is 6.61 Å². The molecule has 5 fully saturated rings. The van der Waals surface area contributed by atoms with Gasteiger partial charge in [-0.3, -0.25) is 0 Å². The lowest BCUT2D eigenvalue weighted by atomic mass is 9.66. The highest BCUT2D eigenvalue weighted by molar-refractivity contribution is 5.61. The molecule has 5 aliphatic carbocycles. The van der Waals surface area contributed by atoms with Crippen molar-refractivity contribution in [2.45, 2.75) is 89.5 Å². The molecular formula is C27H43NO2. The van der Waals surface area contributed by atoms with Crippen LogP contribution >= 0.6 is 0 Å². The van der Waals surface area contributed by atoms with E-state index in [9.17, 15) is 9.90 Å². The Balaban J connectivity index is 1.42. The molecule has 0 radical (unpaired) electrons. The van der Waals surface area contributed by atoms with Crippen LogP contribution in [0.2, 0.25) is 0 Å². The Hall–Kier alpha value is -0.670. The van der Waals surface area contributed by atoms with Gasteiger partial charge in [-0.25, -0.2) is 0 Å². The van der Waals surface area contributed by atoms with E-state index in [1.165, 1.54) is 69.8 Å². The van der Waals surface area contributed by atoms with Crippen LogP contribution in [0.1, 0.15) is 83.5 Å². The number of carbonyl (C=O) groups is 1. The van der Waals surface area contributed by atoms with Crippen molar-refractivity contribution in [1.29, 1.82) is 0 Å². The number of aliphatic hydroxyl groups is 1. The van der Waals surface area contributed by atoms with E-state index in [2.05, 4.69) is 6.58 Å². The summed E-state index contributed by atoms with van der Waals surface area (Å²) in [5.41, 5.74) is 8.21. The second kappa shape index (κ2) is 8.35. The van der Waals surface area contributed by atoms with Crippen molar-refractivity contribution in [3.63, 3.8) is 0 Å². The van der Waals surface area contributed by atoms with E-state index in [1.54, 1.807) is 0 Å². The molecule has 3 heteroatoms. The maximum Gasteiger partial charge on any atom is 0.137 e. The molecule has 3 N–H and O–H groups in total. The molecule has 9 unspecified atom stereocenters. The molecule has 0 aromatic rings. The fraction of sp³-hybridized carbons (Fsp3) is 0.889. The highest BCUT2D eigenvalue weighted by Crippen LogP contribution is 2.76. The molecular weight excluding hydrogens is 370 g/mol. The summed E-state index contributed by atoms with van der Waals surface area (Å²) in [6.07, 6.45) is 17.9. The minimum atomic E-state index is -0.323. The van der Waals surface area contributed by atoms with Crippen LogP contribution in [0.5, 0.6) is 0 Å². The molecule has 0 amide bonds. The van der Waals surface area contributed by atoms with Crippen molar-refractivity contribution in [3.05, 3.63) is 12.2 Å². The Labute approximate surface area is 183 Å². The molecule has 5 aliphatic rings. The van der Waals surface area contributed by atoms with Crippen LogP contribution < -0.4 is 5.73 Å². The van der Waals surface area contributed by atoms with Gasteiger partial charge in [0.05, 0.1) is 6.04 Å². The summed E-state index contributed by atoms with van der Waals surface area (Å²) in [5, 5.41) is 9.85. The molecule has 0 saturated heterocycles. The normalized spacial score (nSPS) is 47.8. The van der Waals surface area contributed by atoms with Gasteiger partial charge in [-0.15, -0.1) is 0 Å². The van der Waals surface area contributed by atoms with Crippen molar-refractivity contribution < 1.29 is 9.90 Å². The van der Waals surface area contributed by atoms with Crippen LogP contribution in [0.3, 0.4) is 0 Å². The molecule has 168 valence electrons. The van der Waals surface area contributed by atoms with Gasteiger partial charge in [-0.05, 0) is 92.3 Å². The average Bonchev–Trinajstić information content (AvgIpc) is 3.31. The number of hydrogen-bond acceptors (Lipinski definition) is 3. The SMILES string of the molecule is C=C1CCC2C(C3CC(C4CCCCC4)CC13)C2(C(N)C=O)C1CCCC(CO)C1. The third kappa shape index (κ3) is 3.25. The van der Waals surface area contributed by atoms with Gasteiger partial charge in [0.25, 0.3) is 0 Å². The van der Waals surface area contributed by atoms with Crippen molar-refractivity contribution in [1.82, 2.24) is 0 Å².